The molecule has 2 nitrogen and oxygen atoms in total. The van der Waals surface area contributed by atoms with Crippen LogP contribution in [-0.4, -0.2) is 13.7 Å². The summed E-state index contributed by atoms with van der Waals surface area (Å²) in [5.74, 6) is 1.01. The standard InChI is InChI=1S/C13H16ClNO/c1-9-5-6-10(14)8-11(9)13(15-2)12-4-3-7-16-12/h4-6,8,13,15H,3,7H2,1-2H3. The van der Waals surface area contributed by atoms with Gasteiger partial charge in [-0.05, 0) is 43.3 Å². The summed E-state index contributed by atoms with van der Waals surface area (Å²) < 4.78 is 5.61. The van der Waals surface area contributed by atoms with E-state index < -0.39 is 0 Å². The zero-order valence-corrected chi connectivity index (χ0v) is 10.3. The zero-order valence-electron chi connectivity index (χ0n) is 9.59. The van der Waals surface area contributed by atoms with E-state index >= 15 is 0 Å². The fourth-order valence-corrected chi connectivity index (χ4v) is 2.19. The maximum absolute atomic E-state index is 6.04. The summed E-state index contributed by atoms with van der Waals surface area (Å²) in [6, 6.07) is 6.07. The molecule has 1 N–H and O–H groups in total. The number of aryl methyl sites for hydroxylation is 1. The molecule has 1 atom stereocenters. The number of benzene rings is 1. The van der Waals surface area contributed by atoms with Gasteiger partial charge in [0.05, 0.1) is 12.6 Å². The molecule has 0 aromatic heterocycles. The molecular weight excluding hydrogens is 222 g/mol. The van der Waals surface area contributed by atoms with Gasteiger partial charge in [-0.2, -0.15) is 0 Å². The van der Waals surface area contributed by atoms with Crippen molar-refractivity contribution in [3.05, 3.63) is 46.2 Å². The van der Waals surface area contributed by atoms with Crippen molar-refractivity contribution in [1.82, 2.24) is 5.32 Å². The molecule has 1 aliphatic heterocycles. The van der Waals surface area contributed by atoms with Gasteiger partial charge >= 0.3 is 0 Å². The molecule has 0 spiro atoms. The number of hydrogen-bond donors (Lipinski definition) is 1. The molecule has 2 rings (SSSR count). The third-order valence-electron chi connectivity index (χ3n) is 2.86. The summed E-state index contributed by atoms with van der Waals surface area (Å²) in [5.41, 5.74) is 2.41. The number of halogens is 1. The van der Waals surface area contributed by atoms with Gasteiger partial charge in [-0.25, -0.2) is 0 Å². The summed E-state index contributed by atoms with van der Waals surface area (Å²) in [5, 5.41) is 4.04. The Labute approximate surface area is 101 Å². The van der Waals surface area contributed by atoms with Gasteiger partial charge < -0.3 is 10.1 Å². The van der Waals surface area contributed by atoms with Crippen molar-refractivity contribution < 1.29 is 4.74 Å². The second kappa shape index (κ2) is 4.89. The molecule has 0 amide bonds. The van der Waals surface area contributed by atoms with E-state index in [1.165, 1.54) is 11.1 Å². The fourth-order valence-electron chi connectivity index (χ4n) is 2.01. The van der Waals surface area contributed by atoms with Crippen LogP contribution in [0.25, 0.3) is 0 Å². The third kappa shape index (κ3) is 2.23. The molecule has 0 aliphatic carbocycles. The zero-order chi connectivity index (χ0) is 11.5. The number of nitrogens with one attached hydrogen (secondary N) is 1. The summed E-state index contributed by atoms with van der Waals surface area (Å²) in [6.07, 6.45) is 3.13. The number of rotatable bonds is 3. The van der Waals surface area contributed by atoms with Gasteiger partial charge in [0.1, 0.15) is 5.76 Å². The monoisotopic (exact) mass is 237 g/mol. The lowest BCUT2D eigenvalue weighted by Gasteiger charge is -2.20. The van der Waals surface area contributed by atoms with Crippen molar-refractivity contribution in [1.29, 1.82) is 0 Å². The highest BCUT2D eigenvalue weighted by Crippen LogP contribution is 2.29. The molecule has 16 heavy (non-hydrogen) atoms. The van der Waals surface area contributed by atoms with Crippen LogP contribution in [0.5, 0.6) is 0 Å². The highest BCUT2D eigenvalue weighted by Gasteiger charge is 2.20. The van der Waals surface area contributed by atoms with Gasteiger partial charge in [-0.3, -0.25) is 0 Å². The Kier molecular flexibility index (Phi) is 3.52. The first-order valence-electron chi connectivity index (χ1n) is 5.48. The van der Waals surface area contributed by atoms with Gasteiger partial charge in [-0.1, -0.05) is 17.7 Å². The Morgan fingerprint density at radius 2 is 2.25 bits per heavy atom. The van der Waals surface area contributed by atoms with Gasteiger partial charge in [0.15, 0.2) is 0 Å². The molecule has 0 bridgehead atoms. The quantitative estimate of drug-likeness (QED) is 0.872. The van der Waals surface area contributed by atoms with E-state index in [4.69, 9.17) is 16.3 Å². The van der Waals surface area contributed by atoms with Crippen LogP contribution in [0.4, 0.5) is 0 Å². The largest absolute Gasteiger partial charge is 0.496 e. The van der Waals surface area contributed by atoms with Crippen LogP contribution < -0.4 is 5.32 Å². The fraction of sp³-hybridized carbons (Fsp3) is 0.385. The predicted octanol–water partition coefficient (Wildman–Crippen LogP) is 3.21. The average Bonchev–Trinajstić information content (AvgIpc) is 2.78. The number of hydrogen-bond acceptors (Lipinski definition) is 2. The minimum absolute atomic E-state index is 0.112. The van der Waals surface area contributed by atoms with Crippen molar-refractivity contribution in [3.63, 3.8) is 0 Å². The Morgan fingerprint density at radius 1 is 1.44 bits per heavy atom. The van der Waals surface area contributed by atoms with Crippen molar-refractivity contribution in [2.45, 2.75) is 19.4 Å². The molecule has 0 radical (unpaired) electrons. The van der Waals surface area contributed by atoms with Crippen LogP contribution in [-0.2, 0) is 4.74 Å². The molecule has 0 saturated heterocycles. The van der Waals surface area contributed by atoms with Crippen molar-refractivity contribution in [2.75, 3.05) is 13.7 Å². The highest BCUT2D eigenvalue weighted by molar-refractivity contribution is 6.30. The molecule has 0 fully saturated rings. The van der Waals surface area contributed by atoms with Crippen LogP contribution in [0.3, 0.4) is 0 Å². The van der Waals surface area contributed by atoms with E-state index in [1.807, 2.05) is 25.2 Å². The lowest BCUT2D eigenvalue weighted by Crippen LogP contribution is -2.20. The molecule has 1 aromatic rings. The van der Waals surface area contributed by atoms with Gasteiger partial charge in [0.25, 0.3) is 0 Å². The topological polar surface area (TPSA) is 21.3 Å². The molecule has 1 aromatic carbocycles. The first-order valence-corrected chi connectivity index (χ1v) is 5.86. The van der Waals surface area contributed by atoms with Crippen LogP contribution >= 0.6 is 11.6 Å². The lowest BCUT2D eigenvalue weighted by molar-refractivity contribution is 0.218. The molecule has 1 unspecified atom stereocenters. The Morgan fingerprint density at radius 3 is 2.88 bits per heavy atom. The normalized spacial score (nSPS) is 16.8. The number of ether oxygens (including phenoxy) is 1. The second-order valence-corrected chi connectivity index (χ2v) is 4.40. The maximum Gasteiger partial charge on any atom is 0.114 e. The Balaban J connectivity index is 2.35. The van der Waals surface area contributed by atoms with Crippen LogP contribution in [0.1, 0.15) is 23.6 Å². The molecular formula is C13H16ClNO. The molecule has 3 heteroatoms. The molecule has 1 heterocycles. The van der Waals surface area contributed by atoms with E-state index in [0.717, 1.165) is 23.8 Å². The third-order valence-corrected chi connectivity index (χ3v) is 3.09. The smallest absolute Gasteiger partial charge is 0.114 e. The van der Waals surface area contributed by atoms with Crippen LogP contribution in [0, 0.1) is 6.92 Å². The minimum Gasteiger partial charge on any atom is -0.496 e. The van der Waals surface area contributed by atoms with Crippen molar-refractivity contribution in [3.8, 4) is 0 Å². The predicted molar refractivity (Wildman–Crippen MR) is 66.6 cm³/mol. The van der Waals surface area contributed by atoms with E-state index in [9.17, 15) is 0 Å². The molecule has 1 aliphatic rings. The SMILES string of the molecule is CNC(C1=CCCO1)c1cc(Cl)ccc1C. The summed E-state index contributed by atoms with van der Waals surface area (Å²) in [6.45, 7) is 2.87. The summed E-state index contributed by atoms with van der Waals surface area (Å²) >= 11 is 6.04. The first-order chi connectivity index (χ1) is 7.72. The van der Waals surface area contributed by atoms with Crippen molar-refractivity contribution >= 4 is 11.6 Å². The van der Waals surface area contributed by atoms with Gasteiger partial charge in [0, 0.05) is 11.4 Å². The average molecular weight is 238 g/mol. The van der Waals surface area contributed by atoms with Gasteiger partial charge in [-0.15, -0.1) is 0 Å². The van der Waals surface area contributed by atoms with E-state index in [0.29, 0.717) is 0 Å². The molecule has 0 saturated carbocycles. The maximum atomic E-state index is 6.04. The van der Waals surface area contributed by atoms with E-state index in [2.05, 4.69) is 18.3 Å². The highest BCUT2D eigenvalue weighted by atomic mass is 35.5. The van der Waals surface area contributed by atoms with Gasteiger partial charge in [0.2, 0.25) is 0 Å². The van der Waals surface area contributed by atoms with Crippen molar-refractivity contribution in [2.24, 2.45) is 0 Å². The Hall–Kier alpha value is -0.990. The minimum atomic E-state index is 0.112. The lowest BCUT2D eigenvalue weighted by atomic mass is 10.00. The van der Waals surface area contributed by atoms with E-state index in [-0.39, 0.29) is 6.04 Å². The second-order valence-electron chi connectivity index (χ2n) is 3.97. The van der Waals surface area contributed by atoms with Crippen LogP contribution in [0.2, 0.25) is 5.02 Å². The first kappa shape index (κ1) is 11.5. The number of likely N-dealkylation sites (N-methyl/N-ethyl adjacent to an activating group) is 1. The van der Waals surface area contributed by atoms with E-state index in [1.54, 1.807) is 0 Å². The Bertz CT molecular complexity index is 414. The summed E-state index contributed by atoms with van der Waals surface area (Å²) in [7, 11) is 1.94. The molecule has 86 valence electrons. The van der Waals surface area contributed by atoms with Crippen LogP contribution in [0.15, 0.2) is 30.0 Å². The summed E-state index contributed by atoms with van der Waals surface area (Å²) in [4.78, 5) is 0.